The fourth-order valence-corrected chi connectivity index (χ4v) is 3.01. The molecule has 0 atom stereocenters. The van der Waals surface area contributed by atoms with Crippen LogP contribution in [0.4, 0.5) is 11.5 Å². The first kappa shape index (κ1) is 12.6. The maximum Gasteiger partial charge on any atom is 0.271 e. The number of benzene rings is 1. The number of hydrogen-bond donors (Lipinski definition) is 1. The number of nitrogens with zero attached hydrogens (tertiary/aromatic N) is 2. The van der Waals surface area contributed by atoms with Crippen LogP contribution in [0.1, 0.15) is 12.0 Å². The maximum atomic E-state index is 12.0. The summed E-state index contributed by atoms with van der Waals surface area (Å²) in [6, 6.07) is 5.40. The molecule has 0 spiro atoms. The van der Waals surface area contributed by atoms with Crippen molar-refractivity contribution in [1.82, 2.24) is 9.78 Å². The van der Waals surface area contributed by atoms with Crippen molar-refractivity contribution >= 4 is 34.7 Å². The molecule has 1 aliphatic heterocycles. The fourth-order valence-electron chi connectivity index (χ4n) is 2.50. The predicted molar refractivity (Wildman–Crippen MR) is 77.8 cm³/mol. The van der Waals surface area contributed by atoms with Crippen LogP contribution in [0.25, 0.3) is 0 Å². The van der Waals surface area contributed by atoms with Crippen LogP contribution in [0.2, 0.25) is 10.0 Å². The average molecular weight is 298 g/mol. The molecule has 1 aliphatic rings. The molecule has 0 fully saturated rings. The topological polar surface area (TPSA) is 41.0 Å². The first-order valence-corrected chi connectivity index (χ1v) is 6.84. The molecule has 0 unspecified atom stereocenters. The Labute approximate surface area is 120 Å². The molecule has 100 valence electrons. The number of aromatic nitrogens is 2. The number of rotatable bonds is 1. The van der Waals surface area contributed by atoms with Crippen molar-refractivity contribution in [2.45, 2.75) is 12.8 Å². The van der Waals surface area contributed by atoms with Gasteiger partial charge < -0.3 is 4.90 Å². The normalized spacial score (nSPS) is 14.6. The van der Waals surface area contributed by atoms with Crippen molar-refractivity contribution in [3.8, 4) is 0 Å². The number of halogens is 2. The maximum absolute atomic E-state index is 12.0. The second-order valence-electron chi connectivity index (χ2n) is 4.65. The zero-order valence-corrected chi connectivity index (χ0v) is 11.9. The van der Waals surface area contributed by atoms with E-state index in [0.717, 1.165) is 36.5 Å². The highest BCUT2D eigenvalue weighted by molar-refractivity contribution is 6.36. The van der Waals surface area contributed by atoms with Gasteiger partial charge in [-0.3, -0.25) is 14.6 Å². The van der Waals surface area contributed by atoms with Crippen molar-refractivity contribution in [3.63, 3.8) is 0 Å². The van der Waals surface area contributed by atoms with Crippen LogP contribution >= 0.6 is 23.2 Å². The summed E-state index contributed by atoms with van der Waals surface area (Å²) in [5, 5.41) is 4.29. The van der Waals surface area contributed by atoms with Gasteiger partial charge in [-0.15, -0.1) is 0 Å². The first-order valence-electron chi connectivity index (χ1n) is 6.08. The van der Waals surface area contributed by atoms with Gasteiger partial charge in [0, 0.05) is 18.6 Å². The van der Waals surface area contributed by atoms with E-state index in [1.54, 1.807) is 19.2 Å². The third kappa shape index (κ3) is 2.05. The van der Waals surface area contributed by atoms with E-state index < -0.39 is 0 Å². The van der Waals surface area contributed by atoms with Crippen molar-refractivity contribution < 1.29 is 0 Å². The summed E-state index contributed by atoms with van der Waals surface area (Å²) < 4.78 is 1.51. The molecule has 1 N–H and O–H groups in total. The highest BCUT2D eigenvalue weighted by Crippen LogP contribution is 2.36. The minimum absolute atomic E-state index is 0.0322. The van der Waals surface area contributed by atoms with Crippen molar-refractivity contribution in [1.29, 1.82) is 0 Å². The minimum atomic E-state index is 0.0322. The molecule has 2 heterocycles. The highest BCUT2D eigenvalue weighted by Gasteiger charge is 2.25. The third-order valence-corrected chi connectivity index (χ3v) is 3.94. The lowest BCUT2D eigenvalue weighted by Crippen LogP contribution is -2.26. The Morgan fingerprint density at radius 2 is 2.11 bits per heavy atom. The molecule has 19 heavy (non-hydrogen) atoms. The van der Waals surface area contributed by atoms with E-state index in [1.807, 2.05) is 11.0 Å². The van der Waals surface area contributed by atoms with Gasteiger partial charge >= 0.3 is 0 Å². The van der Waals surface area contributed by atoms with Crippen LogP contribution in [-0.4, -0.2) is 16.3 Å². The molecule has 6 heteroatoms. The second-order valence-corrected chi connectivity index (χ2v) is 5.50. The number of aromatic amines is 1. The zero-order chi connectivity index (χ0) is 13.6. The van der Waals surface area contributed by atoms with Crippen molar-refractivity contribution in [2.24, 2.45) is 7.05 Å². The fraction of sp³-hybridized carbons (Fsp3) is 0.308. The lowest BCUT2D eigenvalue weighted by atomic mass is 10.1. The summed E-state index contributed by atoms with van der Waals surface area (Å²) in [5.41, 5.74) is 1.72. The van der Waals surface area contributed by atoms with Crippen molar-refractivity contribution in [3.05, 3.63) is 44.2 Å². The van der Waals surface area contributed by atoms with E-state index in [-0.39, 0.29) is 5.56 Å². The molecular weight excluding hydrogens is 285 g/mol. The van der Waals surface area contributed by atoms with Gasteiger partial charge in [-0.25, -0.2) is 0 Å². The van der Waals surface area contributed by atoms with E-state index in [4.69, 9.17) is 23.2 Å². The van der Waals surface area contributed by atoms with Gasteiger partial charge in [-0.1, -0.05) is 23.2 Å². The molecule has 1 aromatic heterocycles. The number of H-pyrrole nitrogens is 1. The molecule has 2 aromatic rings. The zero-order valence-electron chi connectivity index (χ0n) is 10.4. The smallest absolute Gasteiger partial charge is 0.271 e. The monoisotopic (exact) mass is 297 g/mol. The van der Waals surface area contributed by atoms with Crippen LogP contribution in [0, 0.1) is 0 Å². The van der Waals surface area contributed by atoms with E-state index >= 15 is 0 Å². The van der Waals surface area contributed by atoms with Crippen LogP contribution < -0.4 is 10.5 Å². The predicted octanol–water partition coefficient (Wildman–Crippen LogP) is 3.10. The Balaban J connectivity index is 2.13. The van der Waals surface area contributed by atoms with Gasteiger partial charge in [0.05, 0.1) is 16.3 Å². The Bertz CT molecular complexity index is 690. The molecular formula is C13H13Cl2N3O. The number of hydrogen-bond acceptors (Lipinski definition) is 2. The quantitative estimate of drug-likeness (QED) is 0.879. The lowest BCUT2D eigenvalue weighted by molar-refractivity contribution is 0.732. The van der Waals surface area contributed by atoms with E-state index in [2.05, 4.69) is 5.10 Å². The summed E-state index contributed by atoms with van der Waals surface area (Å²) in [7, 11) is 1.72. The third-order valence-electron chi connectivity index (χ3n) is 3.40. The number of nitrogens with one attached hydrogen (secondary N) is 1. The molecule has 3 rings (SSSR count). The lowest BCUT2D eigenvalue weighted by Gasteiger charge is -2.28. The Morgan fingerprint density at radius 3 is 2.84 bits per heavy atom. The van der Waals surface area contributed by atoms with E-state index in [1.165, 1.54) is 4.68 Å². The molecule has 4 nitrogen and oxygen atoms in total. The first-order chi connectivity index (χ1) is 9.08. The number of aryl methyl sites for hydroxylation is 1. The second kappa shape index (κ2) is 4.62. The van der Waals surface area contributed by atoms with Gasteiger partial charge in [0.15, 0.2) is 0 Å². The minimum Gasteiger partial charge on any atom is -0.325 e. The largest absolute Gasteiger partial charge is 0.325 e. The number of anilines is 2. The van der Waals surface area contributed by atoms with Gasteiger partial charge in [-0.2, -0.15) is 0 Å². The molecule has 0 saturated heterocycles. The van der Waals surface area contributed by atoms with Crippen LogP contribution in [0.15, 0.2) is 23.0 Å². The summed E-state index contributed by atoms with van der Waals surface area (Å²) in [5.74, 6) is 0.836. The average Bonchev–Trinajstić information content (AvgIpc) is 2.66. The standard InChI is InChI=1S/C13H13Cl2N3O/c1-17-13(19)9-3-2-6-18(12(9)16-17)11-5-4-8(14)7-10(11)15/h4-5,7,16H,2-3,6H2,1H3. The van der Waals surface area contributed by atoms with Gasteiger partial charge in [0.2, 0.25) is 0 Å². The van der Waals surface area contributed by atoms with E-state index in [0.29, 0.717) is 10.0 Å². The molecule has 0 amide bonds. The van der Waals surface area contributed by atoms with Gasteiger partial charge in [0.1, 0.15) is 5.82 Å². The van der Waals surface area contributed by atoms with Crippen LogP contribution in [-0.2, 0) is 13.5 Å². The SMILES string of the molecule is Cn1[nH]c2c(c1=O)CCCN2c1ccc(Cl)cc1Cl. The summed E-state index contributed by atoms with van der Waals surface area (Å²) in [6.45, 7) is 0.828. The molecule has 0 saturated carbocycles. The molecule has 0 radical (unpaired) electrons. The van der Waals surface area contributed by atoms with E-state index in [9.17, 15) is 4.79 Å². The van der Waals surface area contributed by atoms with Gasteiger partial charge in [-0.05, 0) is 31.0 Å². The molecule has 0 bridgehead atoms. The Kier molecular flexibility index (Phi) is 3.07. The Morgan fingerprint density at radius 1 is 1.32 bits per heavy atom. The summed E-state index contributed by atoms with van der Waals surface area (Å²) in [4.78, 5) is 14.0. The van der Waals surface area contributed by atoms with Crippen molar-refractivity contribution in [2.75, 3.05) is 11.4 Å². The highest BCUT2D eigenvalue weighted by atomic mass is 35.5. The molecule has 1 aromatic carbocycles. The van der Waals surface area contributed by atoms with Gasteiger partial charge in [0.25, 0.3) is 5.56 Å². The number of fused-ring (bicyclic) bond motifs is 1. The van der Waals surface area contributed by atoms with Crippen LogP contribution in [0.3, 0.4) is 0 Å². The molecule has 0 aliphatic carbocycles. The summed E-state index contributed by atoms with van der Waals surface area (Å²) >= 11 is 12.2. The Hall–Kier alpha value is -1.39. The summed E-state index contributed by atoms with van der Waals surface area (Å²) in [6.07, 6.45) is 1.73. The van der Waals surface area contributed by atoms with Crippen LogP contribution in [0.5, 0.6) is 0 Å².